The summed E-state index contributed by atoms with van der Waals surface area (Å²) in [6.45, 7) is 1.66. The van der Waals surface area contributed by atoms with Crippen LogP contribution in [0.5, 0.6) is 0 Å². The lowest BCUT2D eigenvalue weighted by atomic mass is 9.95. The topological polar surface area (TPSA) is 83.6 Å². The molecule has 7 heteroatoms. The van der Waals surface area contributed by atoms with Gasteiger partial charge in [-0.05, 0) is 24.6 Å². The zero-order valence-electron chi connectivity index (χ0n) is 14.8. The van der Waals surface area contributed by atoms with E-state index in [2.05, 4.69) is 5.16 Å². The van der Waals surface area contributed by atoms with Crippen molar-refractivity contribution in [3.63, 3.8) is 0 Å². The number of ketones is 1. The van der Waals surface area contributed by atoms with Crippen LogP contribution in [-0.4, -0.2) is 22.0 Å². The summed E-state index contributed by atoms with van der Waals surface area (Å²) >= 11 is 0. The van der Waals surface area contributed by atoms with Gasteiger partial charge < -0.3 is 9.63 Å². The van der Waals surface area contributed by atoms with E-state index in [9.17, 15) is 19.1 Å². The quantitative estimate of drug-likeness (QED) is 0.426. The van der Waals surface area contributed by atoms with Gasteiger partial charge in [0.2, 0.25) is 0 Å². The zero-order chi connectivity index (χ0) is 19.8. The predicted molar refractivity (Wildman–Crippen MR) is 98.9 cm³/mol. The molecule has 0 spiro atoms. The molecule has 0 saturated carbocycles. The molecule has 0 radical (unpaired) electrons. The molecule has 0 bridgehead atoms. The number of carbonyl (C=O) groups excluding carboxylic acids is 2. The van der Waals surface area contributed by atoms with Gasteiger partial charge in [-0.2, -0.15) is 0 Å². The lowest BCUT2D eigenvalue weighted by molar-refractivity contribution is -0.132. The number of hydrogen-bond donors (Lipinski definition) is 1. The van der Waals surface area contributed by atoms with E-state index in [0.29, 0.717) is 16.9 Å². The van der Waals surface area contributed by atoms with E-state index in [1.54, 1.807) is 37.3 Å². The van der Waals surface area contributed by atoms with Crippen LogP contribution in [0, 0.1) is 12.7 Å². The van der Waals surface area contributed by atoms with Crippen molar-refractivity contribution in [2.75, 3.05) is 4.90 Å². The summed E-state index contributed by atoms with van der Waals surface area (Å²) < 4.78 is 18.5. The smallest absolute Gasteiger partial charge is 0.301 e. The summed E-state index contributed by atoms with van der Waals surface area (Å²) in [5, 5.41) is 14.7. The summed E-state index contributed by atoms with van der Waals surface area (Å²) in [5.74, 6) is -1.87. The molecule has 28 heavy (non-hydrogen) atoms. The van der Waals surface area contributed by atoms with E-state index < -0.39 is 23.5 Å². The number of anilines is 1. The van der Waals surface area contributed by atoms with E-state index in [1.165, 1.54) is 30.3 Å². The van der Waals surface area contributed by atoms with E-state index in [0.717, 1.165) is 4.90 Å². The number of rotatable bonds is 3. The molecule has 1 aliphatic rings. The van der Waals surface area contributed by atoms with E-state index in [4.69, 9.17) is 4.52 Å². The Morgan fingerprint density at radius 3 is 2.39 bits per heavy atom. The Bertz CT molecular complexity index is 1090. The number of Topliss-reactive ketones (excluding diaryl/α,β-unsaturated/α-hetero) is 1. The Morgan fingerprint density at radius 2 is 1.79 bits per heavy atom. The summed E-state index contributed by atoms with van der Waals surface area (Å²) in [5.41, 5.74) is 0.756. The van der Waals surface area contributed by atoms with Crippen LogP contribution in [0.4, 0.5) is 10.2 Å². The first kappa shape index (κ1) is 17.7. The van der Waals surface area contributed by atoms with Crippen molar-refractivity contribution in [2.45, 2.75) is 13.0 Å². The Balaban J connectivity index is 1.94. The van der Waals surface area contributed by atoms with Crippen LogP contribution in [0.1, 0.15) is 22.9 Å². The lowest BCUT2D eigenvalue weighted by Crippen LogP contribution is -2.29. The van der Waals surface area contributed by atoms with Gasteiger partial charge in [0.15, 0.2) is 5.82 Å². The molecular weight excluding hydrogens is 363 g/mol. The van der Waals surface area contributed by atoms with Crippen LogP contribution >= 0.6 is 0 Å². The normalized spacial score (nSPS) is 18.6. The SMILES string of the molecule is Cc1cc(N2C(=O)C(=O)/C(=C(/O)c3ccccc3)C2c2ccc(F)cc2)no1. The van der Waals surface area contributed by atoms with Crippen molar-refractivity contribution >= 4 is 23.3 Å². The van der Waals surface area contributed by atoms with E-state index >= 15 is 0 Å². The molecule has 1 aliphatic heterocycles. The van der Waals surface area contributed by atoms with Gasteiger partial charge in [-0.15, -0.1) is 0 Å². The van der Waals surface area contributed by atoms with Crippen LogP contribution in [0.25, 0.3) is 5.76 Å². The maximum absolute atomic E-state index is 13.4. The molecule has 1 fully saturated rings. The number of aliphatic hydroxyl groups excluding tert-OH is 1. The Morgan fingerprint density at radius 1 is 1.11 bits per heavy atom. The van der Waals surface area contributed by atoms with Crippen LogP contribution in [-0.2, 0) is 9.59 Å². The summed E-state index contributed by atoms with van der Waals surface area (Å²) in [4.78, 5) is 26.8. The predicted octanol–water partition coefficient (Wildman–Crippen LogP) is 3.75. The number of aliphatic hydroxyl groups is 1. The number of carbonyl (C=O) groups is 2. The van der Waals surface area contributed by atoms with Crippen molar-refractivity contribution in [3.05, 3.63) is 88.9 Å². The van der Waals surface area contributed by atoms with Crippen LogP contribution < -0.4 is 4.90 Å². The van der Waals surface area contributed by atoms with Gasteiger partial charge in [-0.25, -0.2) is 4.39 Å². The zero-order valence-corrected chi connectivity index (χ0v) is 14.8. The average Bonchev–Trinajstić information content (AvgIpc) is 3.24. The first-order valence-electron chi connectivity index (χ1n) is 8.52. The fraction of sp³-hybridized carbons (Fsp3) is 0.0952. The number of aryl methyl sites for hydroxylation is 1. The van der Waals surface area contributed by atoms with Gasteiger partial charge in [0.25, 0.3) is 5.78 Å². The highest BCUT2D eigenvalue weighted by molar-refractivity contribution is 6.51. The third kappa shape index (κ3) is 2.87. The molecule has 0 aliphatic carbocycles. The second kappa shape index (κ2) is 6.77. The first-order chi connectivity index (χ1) is 13.5. The van der Waals surface area contributed by atoms with Crippen molar-refractivity contribution in [3.8, 4) is 0 Å². The highest BCUT2D eigenvalue weighted by Crippen LogP contribution is 2.41. The maximum Gasteiger partial charge on any atom is 0.301 e. The van der Waals surface area contributed by atoms with E-state index in [-0.39, 0.29) is 17.2 Å². The third-order valence-electron chi connectivity index (χ3n) is 4.54. The molecule has 3 aromatic rings. The summed E-state index contributed by atoms with van der Waals surface area (Å²) in [6, 6.07) is 14.4. The second-order valence-corrected chi connectivity index (χ2v) is 6.38. The third-order valence-corrected chi connectivity index (χ3v) is 4.54. The average molecular weight is 378 g/mol. The second-order valence-electron chi connectivity index (χ2n) is 6.38. The molecule has 1 saturated heterocycles. The number of hydrogen-bond acceptors (Lipinski definition) is 5. The molecule has 6 nitrogen and oxygen atoms in total. The molecule has 2 aromatic carbocycles. The standard InChI is InChI=1S/C21H15FN2O4/c1-12-11-16(23-28-12)24-18(13-7-9-15(22)10-8-13)17(20(26)21(24)27)19(25)14-5-3-2-4-6-14/h2-11,18,25H,1H3/b19-17+. The fourth-order valence-electron chi connectivity index (χ4n) is 3.25. The molecular formula is C21H15FN2O4. The highest BCUT2D eigenvalue weighted by atomic mass is 19.1. The molecule has 1 unspecified atom stereocenters. The number of halogens is 1. The van der Waals surface area contributed by atoms with Crippen LogP contribution in [0.2, 0.25) is 0 Å². The van der Waals surface area contributed by atoms with Gasteiger partial charge >= 0.3 is 5.91 Å². The van der Waals surface area contributed by atoms with Gasteiger partial charge in [-0.1, -0.05) is 47.6 Å². The molecule has 1 aromatic heterocycles. The molecule has 140 valence electrons. The lowest BCUT2D eigenvalue weighted by Gasteiger charge is -2.22. The molecule has 1 amide bonds. The first-order valence-corrected chi connectivity index (χ1v) is 8.52. The largest absolute Gasteiger partial charge is 0.507 e. The van der Waals surface area contributed by atoms with Gasteiger partial charge in [0.05, 0.1) is 11.6 Å². The monoisotopic (exact) mass is 378 g/mol. The number of benzene rings is 2. The Labute approximate surface area is 159 Å². The minimum Gasteiger partial charge on any atom is -0.507 e. The van der Waals surface area contributed by atoms with Crippen LogP contribution in [0.15, 0.2) is 70.8 Å². The van der Waals surface area contributed by atoms with Gasteiger partial charge in [0, 0.05) is 11.6 Å². The fourth-order valence-corrected chi connectivity index (χ4v) is 3.25. The molecule has 1 atom stereocenters. The molecule has 1 N–H and O–H groups in total. The Kier molecular flexibility index (Phi) is 4.27. The van der Waals surface area contributed by atoms with Crippen molar-refractivity contribution in [1.82, 2.24) is 5.16 Å². The summed E-state index contributed by atoms with van der Waals surface area (Å²) in [6.07, 6.45) is 0. The number of aromatic nitrogens is 1. The molecule has 4 rings (SSSR count). The van der Waals surface area contributed by atoms with Crippen molar-refractivity contribution in [2.24, 2.45) is 0 Å². The van der Waals surface area contributed by atoms with Crippen molar-refractivity contribution < 1.29 is 23.6 Å². The van der Waals surface area contributed by atoms with Gasteiger partial charge in [-0.3, -0.25) is 14.5 Å². The molecule has 2 heterocycles. The minimum absolute atomic E-state index is 0.0940. The number of nitrogens with zero attached hydrogens (tertiary/aromatic N) is 2. The number of amides is 1. The van der Waals surface area contributed by atoms with E-state index in [1.807, 2.05) is 0 Å². The highest BCUT2D eigenvalue weighted by Gasteiger charge is 2.48. The minimum atomic E-state index is -0.967. The van der Waals surface area contributed by atoms with Crippen LogP contribution in [0.3, 0.4) is 0 Å². The maximum atomic E-state index is 13.4. The Hall–Kier alpha value is -3.74. The van der Waals surface area contributed by atoms with Crippen molar-refractivity contribution in [1.29, 1.82) is 0 Å². The summed E-state index contributed by atoms with van der Waals surface area (Å²) in [7, 11) is 0. The van der Waals surface area contributed by atoms with Gasteiger partial charge in [0.1, 0.15) is 17.3 Å².